The van der Waals surface area contributed by atoms with Crippen LogP contribution in [0.1, 0.15) is 42.9 Å². The number of hydrogen-bond donors (Lipinski definition) is 1. The molecule has 1 fully saturated rings. The van der Waals surface area contributed by atoms with Crippen LogP contribution in [-0.4, -0.2) is 23.6 Å². The van der Waals surface area contributed by atoms with Crippen LogP contribution >= 0.6 is 0 Å². The van der Waals surface area contributed by atoms with E-state index in [1.807, 2.05) is 17.0 Å². The normalized spacial score (nSPS) is 19.5. The Morgan fingerprint density at radius 2 is 2.16 bits per heavy atom. The predicted molar refractivity (Wildman–Crippen MR) is 89.7 cm³/mol. The molecule has 1 unspecified atom stereocenters. The van der Waals surface area contributed by atoms with Crippen LogP contribution in [0.3, 0.4) is 0 Å². The molecule has 132 valence electrons. The predicted octanol–water partition coefficient (Wildman–Crippen LogP) is 4.01. The summed E-state index contributed by atoms with van der Waals surface area (Å²) in [5, 5.41) is 3.09. The maximum Gasteiger partial charge on any atom is 0.318 e. The average Bonchev–Trinajstić information content (AvgIpc) is 3.35. The molecular formula is C19H21FN2O3. The molecule has 2 heterocycles. The molecule has 0 saturated heterocycles. The zero-order chi connectivity index (χ0) is 17.2. The van der Waals surface area contributed by atoms with Crippen LogP contribution in [0.25, 0.3) is 0 Å². The molecule has 1 aliphatic heterocycles. The molecule has 0 spiro atoms. The average molecular weight is 344 g/mol. The quantitative estimate of drug-likeness (QED) is 0.912. The third kappa shape index (κ3) is 3.48. The Labute approximate surface area is 145 Å². The highest BCUT2D eigenvalue weighted by atomic mass is 19.1. The third-order valence-electron chi connectivity index (χ3n) is 4.74. The molecular weight excluding hydrogens is 323 g/mol. The fraction of sp³-hybridized carbons (Fsp3) is 0.421. The zero-order valence-corrected chi connectivity index (χ0v) is 13.9. The summed E-state index contributed by atoms with van der Waals surface area (Å²) in [7, 11) is 0. The number of benzene rings is 1. The first-order valence-corrected chi connectivity index (χ1v) is 8.72. The van der Waals surface area contributed by atoms with E-state index >= 15 is 0 Å². The van der Waals surface area contributed by atoms with Gasteiger partial charge in [-0.1, -0.05) is 12.1 Å². The van der Waals surface area contributed by atoms with Gasteiger partial charge >= 0.3 is 6.03 Å². The molecule has 4 rings (SSSR count). The monoisotopic (exact) mass is 344 g/mol. The SMILES string of the molecule is O=C(NC1CCCOc2c(F)cccc21)N(Cc1ccoc1)C1CC1. The van der Waals surface area contributed by atoms with E-state index in [-0.39, 0.29) is 29.7 Å². The number of halogens is 1. The molecule has 2 aliphatic rings. The van der Waals surface area contributed by atoms with Crippen molar-refractivity contribution in [3.05, 3.63) is 53.7 Å². The van der Waals surface area contributed by atoms with Gasteiger partial charge in [-0.25, -0.2) is 9.18 Å². The van der Waals surface area contributed by atoms with E-state index in [9.17, 15) is 9.18 Å². The molecule has 1 N–H and O–H groups in total. The number of furan rings is 1. The first kappa shape index (κ1) is 16.0. The summed E-state index contributed by atoms with van der Waals surface area (Å²) in [6, 6.07) is 6.64. The molecule has 2 aromatic rings. The first-order chi connectivity index (χ1) is 12.2. The number of nitrogens with one attached hydrogen (secondary N) is 1. The van der Waals surface area contributed by atoms with Gasteiger partial charge < -0.3 is 19.4 Å². The largest absolute Gasteiger partial charge is 0.490 e. The summed E-state index contributed by atoms with van der Waals surface area (Å²) < 4.78 is 24.7. The molecule has 2 amide bonds. The second kappa shape index (κ2) is 6.78. The number of para-hydroxylation sites is 1. The summed E-state index contributed by atoms with van der Waals surface area (Å²) in [5.74, 6) is -0.116. The van der Waals surface area contributed by atoms with Crippen molar-refractivity contribution in [3.63, 3.8) is 0 Å². The fourth-order valence-corrected chi connectivity index (χ4v) is 3.28. The van der Waals surface area contributed by atoms with Gasteiger partial charge in [0.25, 0.3) is 0 Å². The molecule has 5 nitrogen and oxygen atoms in total. The number of hydrogen-bond acceptors (Lipinski definition) is 3. The fourth-order valence-electron chi connectivity index (χ4n) is 3.28. The van der Waals surface area contributed by atoms with Crippen LogP contribution < -0.4 is 10.1 Å². The molecule has 0 radical (unpaired) electrons. The van der Waals surface area contributed by atoms with Gasteiger partial charge in [0.2, 0.25) is 0 Å². The van der Waals surface area contributed by atoms with Crippen molar-refractivity contribution in [1.82, 2.24) is 10.2 Å². The van der Waals surface area contributed by atoms with E-state index < -0.39 is 0 Å². The van der Waals surface area contributed by atoms with Gasteiger partial charge in [0.05, 0.1) is 31.7 Å². The highest BCUT2D eigenvalue weighted by Gasteiger charge is 2.34. The summed E-state index contributed by atoms with van der Waals surface area (Å²) in [6.07, 6.45) is 6.80. The lowest BCUT2D eigenvalue weighted by Crippen LogP contribution is -2.42. The Morgan fingerprint density at radius 1 is 1.28 bits per heavy atom. The number of carbonyl (C=O) groups is 1. The van der Waals surface area contributed by atoms with Gasteiger partial charge in [-0.15, -0.1) is 0 Å². The number of ether oxygens (including phenoxy) is 1. The zero-order valence-electron chi connectivity index (χ0n) is 13.9. The summed E-state index contributed by atoms with van der Waals surface area (Å²) in [4.78, 5) is 14.7. The minimum absolute atomic E-state index is 0.120. The molecule has 1 aromatic carbocycles. The standard InChI is InChI=1S/C19H21FN2O3/c20-16-4-1-3-15-17(5-2-9-25-18(15)16)21-19(23)22(14-6-7-14)11-13-8-10-24-12-13/h1,3-4,8,10,12,14,17H,2,5-7,9,11H2,(H,21,23). The molecule has 1 aliphatic carbocycles. The lowest BCUT2D eigenvalue weighted by molar-refractivity contribution is 0.187. The number of nitrogens with zero attached hydrogens (tertiary/aromatic N) is 1. The van der Waals surface area contributed by atoms with Gasteiger partial charge in [-0.05, 0) is 37.8 Å². The molecule has 1 saturated carbocycles. The topological polar surface area (TPSA) is 54.7 Å². The van der Waals surface area contributed by atoms with Crippen LogP contribution in [0.5, 0.6) is 5.75 Å². The van der Waals surface area contributed by atoms with E-state index in [2.05, 4.69) is 5.32 Å². The smallest absolute Gasteiger partial charge is 0.318 e. The maximum absolute atomic E-state index is 14.1. The number of carbonyl (C=O) groups excluding carboxylic acids is 1. The maximum atomic E-state index is 14.1. The minimum atomic E-state index is -0.379. The second-order valence-electron chi connectivity index (χ2n) is 6.64. The lowest BCUT2D eigenvalue weighted by atomic mass is 10.0. The van der Waals surface area contributed by atoms with Crippen LogP contribution in [0, 0.1) is 5.82 Å². The van der Waals surface area contributed by atoms with E-state index in [0.29, 0.717) is 18.7 Å². The molecule has 1 aromatic heterocycles. The first-order valence-electron chi connectivity index (χ1n) is 8.72. The Morgan fingerprint density at radius 3 is 2.92 bits per heavy atom. The van der Waals surface area contributed by atoms with Crippen molar-refractivity contribution < 1.29 is 18.3 Å². The van der Waals surface area contributed by atoms with Crippen molar-refractivity contribution in [3.8, 4) is 5.75 Å². The Balaban J connectivity index is 1.52. The van der Waals surface area contributed by atoms with Crippen molar-refractivity contribution in [2.45, 2.75) is 44.3 Å². The van der Waals surface area contributed by atoms with Gasteiger partial charge in [0, 0.05) is 17.2 Å². The Hall–Kier alpha value is -2.50. The summed E-state index contributed by atoms with van der Waals surface area (Å²) >= 11 is 0. The van der Waals surface area contributed by atoms with Crippen molar-refractivity contribution in [1.29, 1.82) is 0 Å². The van der Waals surface area contributed by atoms with Crippen LogP contribution in [-0.2, 0) is 6.54 Å². The van der Waals surface area contributed by atoms with E-state index in [1.165, 1.54) is 6.07 Å². The van der Waals surface area contributed by atoms with Gasteiger partial charge in [-0.3, -0.25) is 0 Å². The number of amides is 2. The second-order valence-corrected chi connectivity index (χ2v) is 6.64. The van der Waals surface area contributed by atoms with Gasteiger partial charge in [0.15, 0.2) is 11.6 Å². The number of rotatable bonds is 4. The van der Waals surface area contributed by atoms with Crippen LogP contribution in [0.4, 0.5) is 9.18 Å². The van der Waals surface area contributed by atoms with Crippen molar-refractivity contribution in [2.24, 2.45) is 0 Å². The molecule has 6 heteroatoms. The van der Waals surface area contributed by atoms with E-state index in [4.69, 9.17) is 9.15 Å². The van der Waals surface area contributed by atoms with Crippen LogP contribution in [0.15, 0.2) is 41.2 Å². The highest BCUT2D eigenvalue weighted by molar-refractivity contribution is 5.75. The molecule has 1 atom stereocenters. The van der Waals surface area contributed by atoms with E-state index in [1.54, 1.807) is 18.6 Å². The summed E-state index contributed by atoms with van der Waals surface area (Å²) in [6.45, 7) is 0.980. The number of urea groups is 1. The highest BCUT2D eigenvalue weighted by Crippen LogP contribution is 2.34. The minimum Gasteiger partial charge on any atom is -0.490 e. The molecule has 0 bridgehead atoms. The number of fused-ring (bicyclic) bond motifs is 1. The van der Waals surface area contributed by atoms with E-state index in [0.717, 1.165) is 31.2 Å². The Bertz CT molecular complexity index is 743. The van der Waals surface area contributed by atoms with Gasteiger partial charge in [0.1, 0.15) is 0 Å². The van der Waals surface area contributed by atoms with Crippen LogP contribution in [0.2, 0.25) is 0 Å². The van der Waals surface area contributed by atoms with Crippen molar-refractivity contribution in [2.75, 3.05) is 6.61 Å². The summed E-state index contributed by atoms with van der Waals surface area (Å²) in [5.41, 5.74) is 1.68. The third-order valence-corrected chi connectivity index (χ3v) is 4.74. The molecule has 25 heavy (non-hydrogen) atoms. The Kier molecular flexibility index (Phi) is 4.34. The van der Waals surface area contributed by atoms with Gasteiger partial charge in [-0.2, -0.15) is 0 Å². The lowest BCUT2D eigenvalue weighted by Gasteiger charge is -2.26. The van der Waals surface area contributed by atoms with Crippen molar-refractivity contribution >= 4 is 6.03 Å².